The van der Waals surface area contributed by atoms with Crippen molar-refractivity contribution in [2.75, 3.05) is 23.3 Å². The zero-order chi connectivity index (χ0) is 18.4. The van der Waals surface area contributed by atoms with Gasteiger partial charge in [0.05, 0.1) is 5.56 Å². The Labute approximate surface area is 153 Å². The third-order valence-electron chi connectivity index (χ3n) is 3.93. The summed E-state index contributed by atoms with van der Waals surface area (Å²) in [5.41, 5.74) is 2.90. The average molecular weight is 359 g/mol. The van der Waals surface area contributed by atoms with Crippen LogP contribution in [0, 0.1) is 12.7 Å². The minimum atomic E-state index is -0.581. The molecule has 4 nitrogen and oxygen atoms in total. The average Bonchev–Trinajstić information content (AvgIpc) is 2.58. The second-order valence-corrected chi connectivity index (χ2v) is 5.97. The van der Waals surface area contributed by atoms with E-state index in [0.717, 1.165) is 30.0 Å². The van der Waals surface area contributed by atoms with Crippen LogP contribution in [0.3, 0.4) is 0 Å². The molecule has 0 unspecified atom stereocenters. The number of benzene rings is 2. The van der Waals surface area contributed by atoms with Crippen molar-refractivity contribution in [1.82, 2.24) is 5.32 Å². The Balaban J connectivity index is 2.05. The Bertz CT molecular complexity index is 775. The van der Waals surface area contributed by atoms with Gasteiger partial charge in [0.2, 0.25) is 0 Å². The lowest BCUT2D eigenvalue weighted by Gasteiger charge is -2.22. The van der Waals surface area contributed by atoms with Crippen molar-refractivity contribution in [2.45, 2.75) is 20.8 Å². The van der Waals surface area contributed by atoms with Crippen molar-refractivity contribution in [3.63, 3.8) is 0 Å². The number of amides is 1. The Hall–Kier alpha value is -2.47. The maximum atomic E-state index is 13.6. The highest BCUT2D eigenvalue weighted by molar-refractivity contribution is 7.80. The van der Waals surface area contributed by atoms with E-state index in [9.17, 15) is 9.18 Å². The van der Waals surface area contributed by atoms with Crippen LogP contribution >= 0.6 is 12.2 Å². The zero-order valence-electron chi connectivity index (χ0n) is 14.6. The van der Waals surface area contributed by atoms with Crippen LogP contribution in [0.1, 0.15) is 29.8 Å². The van der Waals surface area contributed by atoms with Gasteiger partial charge < -0.3 is 10.2 Å². The van der Waals surface area contributed by atoms with Gasteiger partial charge in [0, 0.05) is 24.5 Å². The van der Waals surface area contributed by atoms with Gasteiger partial charge in [-0.1, -0.05) is 12.1 Å². The van der Waals surface area contributed by atoms with Crippen LogP contribution in [0.2, 0.25) is 0 Å². The molecule has 0 aromatic heterocycles. The molecule has 0 aliphatic rings. The summed E-state index contributed by atoms with van der Waals surface area (Å²) >= 11 is 5.17. The van der Waals surface area contributed by atoms with Gasteiger partial charge in [0.25, 0.3) is 5.91 Å². The number of aryl methyl sites for hydroxylation is 1. The summed E-state index contributed by atoms with van der Waals surface area (Å²) in [7, 11) is 0. The fourth-order valence-corrected chi connectivity index (χ4v) is 2.75. The first-order chi connectivity index (χ1) is 12.0. The van der Waals surface area contributed by atoms with Crippen molar-refractivity contribution in [3.05, 3.63) is 59.4 Å². The molecule has 6 heteroatoms. The van der Waals surface area contributed by atoms with Crippen LogP contribution < -0.4 is 15.5 Å². The largest absolute Gasteiger partial charge is 0.372 e. The molecular formula is C19H22FN3OS. The normalized spacial score (nSPS) is 10.2. The van der Waals surface area contributed by atoms with Crippen LogP contribution in [0.15, 0.2) is 42.5 Å². The molecular weight excluding hydrogens is 337 g/mol. The third-order valence-corrected chi connectivity index (χ3v) is 4.14. The highest BCUT2D eigenvalue weighted by Crippen LogP contribution is 2.22. The van der Waals surface area contributed by atoms with Gasteiger partial charge in [0.15, 0.2) is 5.11 Å². The van der Waals surface area contributed by atoms with E-state index in [4.69, 9.17) is 12.2 Å². The van der Waals surface area contributed by atoms with E-state index in [0.29, 0.717) is 0 Å². The van der Waals surface area contributed by atoms with Crippen molar-refractivity contribution < 1.29 is 9.18 Å². The molecule has 2 aromatic rings. The summed E-state index contributed by atoms with van der Waals surface area (Å²) < 4.78 is 13.6. The minimum Gasteiger partial charge on any atom is -0.372 e. The van der Waals surface area contributed by atoms with Gasteiger partial charge in [-0.25, -0.2) is 4.39 Å². The number of carbonyl (C=O) groups is 1. The van der Waals surface area contributed by atoms with Crippen molar-refractivity contribution in [3.8, 4) is 0 Å². The number of nitrogens with zero attached hydrogens (tertiary/aromatic N) is 1. The zero-order valence-corrected chi connectivity index (χ0v) is 15.4. The highest BCUT2D eigenvalue weighted by atomic mass is 32.1. The molecule has 0 radical (unpaired) electrons. The lowest BCUT2D eigenvalue weighted by molar-refractivity contribution is 0.0974. The van der Waals surface area contributed by atoms with Crippen LogP contribution in [0.5, 0.6) is 0 Å². The van der Waals surface area contributed by atoms with Crippen LogP contribution in [-0.4, -0.2) is 24.1 Å². The van der Waals surface area contributed by atoms with E-state index in [1.54, 1.807) is 6.07 Å². The van der Waals surface area contributed by atoms with Crippen molar-refractivity contribution >= 4 is 34.6 Å². The topological polar surface area (TPSA) is 44.4 Å². The fourth-order valence-electron chi connectivity index (χ4n) is 2.54. The molecule has 1 amide bonds. The third kappa shape index (κ3) is 4.76. The van der Waals surface area contributed by atoms with E-state index in [1.165, 1.54) is 18.2 Å². The quantitative estimate of drug-likeness (QED) is 0.789. The van der Waals surface area contributed by atoms with Gasteiger partial charge in [-0.2, -0.15) is 0 Å². The number of hydrogen-bond donors (Lipinski definition) is 2. The number of nitrogens with one attached hydrogen (secondary N) is 2. The molecule has 0 saturated carbocycles. The molecule has 25 heavy (non-hydrogen) atoms. The van der Waals surface area contributed by atoms with Gasteiger partial charge in [-0.15, -0.1) is 0 Å². The Morgan fingerprint density at radius 1 is 1.16 bits per heavy atom. The Morgan fingerprint density at radius 2 is 1.84 bits per heavy atom. The molecule has 0 spiro atoms. The SMILES string of the molecule is CCN(CC)c1ccc(NC(=S)NC(=O)c2ccccc2F)c(C)c1. The van der Waals surface area contributed by atoms with Gasteiger partial charge >= 0.3 is 0 Å². The lowest BCUT2D eigenvalue weighted by Crippen LogP contribution is -2.34. The first-order valence-electron chi connectivity index (χ1n) is 8.18. The van der Waals surface area contributed by atoms with E-state index in [1.807, 2.05) is 19.1 Å². The molecule has 0 heterocycles. The summed E-state index contributed by atoms with van der Waals surface area (Å²) in [5.74, 6) is -1.16. The van der Waals surface area contributed by atoms with Gasteiger partial charge in [0.1, 0.15) is 5.82 Å². The molecule has 2 aromatic carbocycles. The summed E-state index contributed by atoms with van der Waals surface area (Å²) in [6.07, 6.45) is 0. The molecule has 0 atom stereocenters. The molecule has 0 aliphatic carbocycles. The first kappa shape index (κ1) is 18.9. The molecule has 0 bridgehead atoms. The Morgan fingerprint density at radius 3 is 2.44 bits per heavy atom. The summed E-state index contributed by atoms with van der Waals surface area (Å²) in [6.45, 7) is 8.05. The van der Waals surface area contributed by atoms with Crippen molar-refractivity contribution in [1.29, 1.82) is 0 Å². The number of carbonyl (C=O) groups excluding carboxylic acids is 1. The van der Waals surface area contributed by atoms with Crippen LogP contribution in [-0.2, 0) is 0 Å². The molecule has 0 saturated heterocycles. The molecule has 2 rings (SSSR count). The van der Waals surface area contributed by atoms with E-state index in [2.05, 4.69) is 35.4 Å². The summed E-state index contributed by atoms with van der Waals surface area (Å²) in [4.78, 5) is 14.3. The standard InChI is InChI=1S/C19H22FN3OS/c1-4-23(5-2)14-10-11-17(13(3)12-14)21-19(25)22-18(24)15-8-6-7-9-16(15)20/h6-12H,4-5H2,1-3H3,(H2,21,22,24,25). The number of halogens is 1. The van der Waals surface area contributed by atoms with E-state index >= 15 is 0 Å². The monoisotopic (exact) mass is 359 g/mol. The molecule has 2 N–H and O–H groups in total. The summed E-state index contributed by atoms with van der Waals surface area (Å²) in [5, 5.41) is 5.63. The van der Waals surface area contributed by atoms with Crippen molar-refractivity contribution in [2.24, 2.45) is 0 Å². The number of thiocarbonyl (C=S) groups is 1. The molecule has 0 aliphatic heterocycles. The predicted octanol–water partition coefficient (Wildman–Crippen LogP) is 4.11. The Kier molecular flexibility index (Phi) is 6.47. The first-order valence-corrected chi connectivity index (χ1v) is 8.59. The van der Waals surface area contributed by atoms with E-state index < -0.39 is 11.7 Å². The smallest absolute Gasteiger partial charge is 0.260 e. The van der Waals surface area contributed by atoms with Gasteiger partial charge in [-0.05, 0) is 68.9 Å². The molecule has 132 valence electrons. The number of hydrogen-bond acceptors (Lipinski definition) is 3. The van der Waals surface area contributed by atoms with Crippen LogP contribution in [0.25, 0.3) is 0 Å². The predicted molar refractivity (Wildman–Crippen MR) is 105 cm³/mol. The highest BCUT2D eigenvalue weighted by Gasteiger charge is 2.13. The van der Waals surface area contributed by atoms with Gasteiger partial charge in [-0.3, -0.25) is 10.1 Å². The molecule has 0 fully saturated rings. The lowest BCUT2D eigenvalue weighted by atomic mass is 10.1. The number of rotatable bonds is 5. The fraction of sp³-hybridized carbons (Fsp3) is 0.263. The second kappa shape index (κ2) is 8.58. The van der Waals surface area contributed by atoms with E-state index in [-0.39, 0.29) is 10.7 Å². The second-order valence-electron chi connectivity index (χ2n) is 5.56. The maximum Gasteiger partial charge on any atom is 0.260 e. The number of anilines is 2. The minimum absolute atomic E-state index is 0.0414. The maximum absolute atomic E-state index is 13.6. The van der Waals surface area contributed by atoms with Crippen LogP contribution in [0.4, 0.5) is 15.8 Å². The summed E-state index contributed by atoms with van der Waals surface area (Å²) in [6, 6.07) is 11.8.